The second-order valence-electron chi connectivity index (χ2n) is 7.02. The van der Waals surface area contributed by atoms with Gasteiger partial charge in [-0.25, -0.2) is 0 Å². The molecular weight excluding hydrogens is 214 g/mol. The first-order chi connectivity index (χ1) is 6.46. The predicted octanol–water partition coefficient (Wildman–Crippen LogP) is 4.01. The highest BCUT2D eigenvalue weighted by Gasteiger charge is 2.34. The molecule has 1 nitrogen and oxygen atoms in total. The van der Waals surface area contributed by atoms with E-state index >= 15 is 0 Å². The van der Waals surface area contributed by atoms with Crippen LogP contribution in [0.1, 0.15) is 20.8 Å². The molecule has 0 saturated heterocycles. The first-order valence-corrected chi connectivity index (χ1v) is 12.5. The van der Waals surface area contributed by atoms with Gasteiger partial charge in [0, 0.05) is 6.54 Å². The average molecular weight is 244 g/mol. The van der Waals surface area contributed by atoms with Gasteiger partial charge in [-0.15, -0.1) is 0 Å². The Hall–Kier alpha value is 0.134. The zero-order valence-electron chi connectivity index (χ0n) is 11.9. The molecule has 0 fully saturated rings. The van der Waals surface area contributed by atoms with Crippen molar-refractivity contribution in [2.45, 2.75) is 58.5 Å². The zero-order valence-corrected chi connectivity index (χ0v) is 13.9. The average Bonchev–Trinajstić information content (AvgIpc) is 1.94. The fourth-order valence-electron chi connectivity index (χ4n) is 0.992. The van der Waals surface area contributed by atoms with E-state index in [1.807, 2.05) is 0 Å². The third-order valence-electron chi connectivity index (χ3n) is 3.15. The number of hydrogen-bond donors (Lipinski definition) is 1. The fourth-order valence-corrected chi connectivity index (χ4v) is 2.98. The van der Waals surface area contributed by atoms with Crippen LogP contribution in [0.15, 0.2) is 11.8 Å². The Morgan fingerprint density at radius 1 is 1.00 bits per heavy atom. The molecule has 0 saturated carbocycles. The molecule has 0 aliphatic carbocycles. The van der Waals surface area contributed by atoms with Gasteiger partial charge in [-0.05, 0) is 5.04 Å². The number of rotatable bonds is 4. The largest absolute Gasteiger partial charge is 0.334 e. The highest BCUT2D eigenvalue weighted by molar-refractivity contribution is 6.81. The summed E-state index contributed by atoms with van der Waals surface area (Å²) in [5, 5.41) is 0.431. The Bertz CT molecular complexity index is 219. The van der Waals surface area contributed by atoms with E-state index < -0.39 is 16.3 Å². The van der Waals surface area contributed by atoms with E-state index in [1.165, 1.54) is 0 Å². The van der Waals surface area contributed by atoms with E-state index in [1.54, 1.807) is 0 Å². The third-order valence-corrected chi connectivity index (χ3v) is 9.23. The van der Waals surface area contributed by atoms with Gasteiger partial charge in [0.2, 0.25) is 0 Å². The van der Waals surface area contributed by atoms with Crippen LogP contribution >= 0.6 is 0 Å². The molecule has 0 rings (SSSR count). The normalized spacial score (nSPS) is 14.9. The topological polar surface area (TPSA) is 12.0 Å². The van der Waals surface area contributed by atoms with Crippen LogP contribution in [-0.2, 0) is 0 Å². The maximum Gasteiger partial charge on any atom is 0.125 e. The summed E-state index contributed by atoms with van der Waals surface area (Å²) in [5.41, 5.74) is 2.42. The third kappa shape index (κ3) is 6.33. The lowest BCUT2D eigenvalue weighted by atomic mass is 10.2. The molecule has 0 heterocycles. The van der Waals surface area contributed by atoms with Crippen LogP contribution in [0.5, 0.6) is 0 Å². The Kier molecular flexibility index (Phi) is 5.02. The van der Waals surface area contributed by atoms with Gasteiger partial charge in [0.15, 0.2) is 0 Å². The lowest BCUT2D eigenvalue weighted by Crippen LogP contribution is -2.52. The molecule has 0 aromatic rings. The summed E-state index contributed by atoms with van der Waals surface area (Å²) >= 11 is 0. The van der Waals surface area contributed by atoms with Gasteiger partial charge >= 0.3 is 0 Å². The Labute approximate surface area is 98.5 Å². The smallest absolute Gasteiger partial charge is 0.125 e. The molecule has 0 amide bonds. The van der Waals surface area contributed by atoms with Crippen molar-refractivity contribution in [3.05, 3.63) is 11.8 Å². The van der Waals surface area contributed by atoms with Crippen molar-refractivity contribution in [1.82, 2.24) is 4.98 Å². The van der Waals surface area contributed by atoms with Gasteiger partial charge in [0.1, 0.15) is 8.24 Å². The van der Waals surface area contributed by atoms with Crippen molar-refractivity contribution in [3.8, 4) is 0 Å². The lowest BCUT2D eigenvalue weighted by molar-refractivity contribution is 0.695. The van der Waals surface area contributed by atoms with Gasteiger partial charge in [-0.1, -0.05) is 65.3 Å². The van der Waals surface area contributed by atoms with Crippen molar-refractivity contribution < 1.29 is 0 Å². The summed E-state index contributed by atoms with van der Waals surface area (Å²) in [5.74, 6) is 0. The van der Waals surface area contributed by atoms with Gasteiger partial charge in [-0.3, -0.25) is 0 Å². The summed E-state index contributed by atoms with van der Waals surface area (Å²) < 4.78 is 0. The maximum atomic E-state index is 3.75. The van der Waals surface area contributed by atoms with Crippen LogP contribution in [0, 0.1) is 0 Å². The minimum Gasteiger partial charge on any atom is -0.334 e. The van der Waals surface area contributed by atoms with E-state index in [9.17, 15) is 0 Å². The number of nitrogens with one attached hydrogen (secondary N) is 1. The van der Waals surface area contributed by atoms with E-state index in [-0.39, 0.29) is 0 Å². The number of hydrogen-bond acceptors (Lipinski definition) is 1. The predicted molar refractivity (Wildman–Crippen MR) is 77.7 cm³/mol. The van der Waals surface area contributed by atoms with Crippen LogP contribution in [0.2, 0.25) is 37.8 Å². The lowest BCUT2D eigenvalue weighted by Gasteiger charge is -2.37. The van der Waals surface area contributed by atoms with Crippen molar-refractivity contribution >= 4 is 16.3 Å². The zero-order chi connectivity index (χ0) is 12.3. The highest BCUT2D eigenvalue weighted by atomic mass is 28.3. The Balaban J connectivity index is 4.13. The molecule has 0 aromatic heterocycles. The van der Waals surface area contributed by atoms with E-state index in [0.717, 1.165) is 6.54 Å². The second kappa shape index (κ2) is 4.98. The second-order valence-corrected chi connectivity index (χ2v) is 17.2. The fraction of sp³-hybridized carbons (Fsp3) is 0.833. The van der Waals surface area contributed by atoms with Crippen LogP contribution < -0.4 is 4.98 Å². The highest BCUT2D eigenvalue weighted by Crippen LogP contribution is 2.33. The van der Waals surface area contributed by atoms with Gasteiger partial charge < -0.3 is 4.98 Å². The Morgan fingerprint density at radius 3 is 1.80 bits per heavy atom. The molecule has 0 atom stereocenters. The van der Waals surface area contributed by atoms with Crippen molar-refractivity contribution in [2.75, 3.05) is 6.54 Å². The first kappa shape index (κ1) is 15.1. The van der Waals surface area contributed by atoms with Gasteiger partial charge in [-0.2, -0.15) is 0 Å². The molecule has 0 radical (unpaired) electrons. The quantitative estimate of drug-likeness (QED) is 0.736. The molecule has 15 heavy (non-hydrogen) atoms. The summed E-state index contributed by atoms with van der Waals surface area (Å²) in [6.07, 6.45) is 2.33. The van der Waals surface area contributed by atoms with Crippen LogP contribution in [0.25, 0.3) is 0 Å². The maximum absolute atomic E-state index is 3.75. The summed E-state index contributed by atoms with van der Waals surface area (Å²) in [6.45, 7) is 20.0. The minimum absolute atomic E-state index is 0.431. The van der Waals surface area contributed by atoms with Crippen molar-refractivity contribution in [1.29, 1.82) is 0 Å². The molecule has 0 aliphatic rings. The minimum atomic E-state index is -1.29. The monoisotopic (exact) mass is 243 g/mol. The SMILES string of the molecule is CC(C)(C)[Si](C)(C)NCC=C[Si](C)(C)C. The summed E-state index contributed by atoms with van der Waals surface area (Å²) in [6, 6.07) is 0. The molecular formula is C12H29NSi2. The van der Waals surface area contributed by atoms with Crippen molar-refractivity contribution in [3.63, 3.8) is 0 Å². The van der Waals surface area contributed by atoms with E-state index in [4.69, 9.17) is 0 Å². The molecule has 0 bridgehead atoms. The van der Waals surface area contributed by atoms with Gasteiger partial charge in [0.05, 0.1) is 8.07 Å². The van der Waals surface area contributed by atoms with Crippen molar-refractivity contribution in [2.24, 2.45) is 0 Å². The molecule has 1 N–H and O–H groups in total. The first-order valence-electron chi connectivity index (χ1n) is 5.88. The van der Waals surface area contributed by atoms with Crippen LogP contribution in [-0.4, -0.2) is 22.9 Å². The van der Waals surface area contributed by atoms with Gasteiger partial charge in [0.25, 0.3) is 0 Å². The van der Waals surface area contributed by atoms with E-state index in [0.29, 0.717) is 5.04 Å². The summed E-state index contributed by atoms with van der Waals surface area (Å²) in [4.78, 5) is 3.75. The standard InChI is InChI=1S/C12H29NSi2/c1-12(2,3)15(7,8)13-10-9-11-14(4,5)6/h9,11,13H,10H2,1-8H3. The molecule has 0 aliphatic heterocycles. The summed E-state index contributed by atoms with van der Waals surface area (Å²) in [7, 11) is -2.29. The molecule has 0 aromatic carbocycles. The molecule has 3 heteroatoms. The Morgan fingerprint density at radius 2 is 1.47 bits per heavy atom. The molecule has 90 valence electrons. The van der Waals surface area contributed by atoms with Crippen LogP contribution in [0.4, 0.5) is 0 Å². The molecule has 0 unspecified atom stereocenters. The van der Waals surface area contributed by atoms with E-state index in [2.05, 4.69) is 70.3 Å². The van der Waals surface area contributed by atoms with Crippen LogP contribution in [0.3, 0.4) is 0 Å². The molecule has 0 spiro atoms.